The molecule has 17 heavy (non-hydrogen) atoms. The molecule has 0 radical (unpaired) electrons. The van der Waals surface area contributed by atoms with Gasteiger partial charge in [-0.05, 0) is 74.2 Å². The first-order valence-electron chi connectivity index (χ1n) is 7.84. The highest BCUT2D eigenvalue weighted by Gasteiger charge is 2.47. The summed E-state index contributed by atoms with van der Waals surface area (Å²) in [5.74, 6) is 4.06. The highest BCUT2D eigenvalue weighted by atomic mass is 14.5. The molecule has 0 heteroatoms. The average molecular weight is 228 g/mol. The Labute approximate surface area is 105 Å². The molecule has 0 aromatic rings. The number of allylic oxidation sites excluding steroid dienone is 4. The van der Waals surface area contributed by atoms with Gasteiger partial charge < -0.3 is 0 Å². The van der Waals surface area contributed by atoms with Crippen molar-refractivity contribution in [3.63, 3.8) is 0 Å². The molecule has 0 N–H and O–H groups in total. The van der Waals surface area contributed by atoms with Crippen LogP contribution in [0.1, 0.15) is 57.8 Å². The molecule has 0 spiro atoms. The van der Waals surface area contributed by atoms with E-state index in [9.17, 15) is 0 Å². The zero-order valence-electron chi connectivity index (χ0n) is 10.8. The van der Waals surface area contributed by atoms with E-state index < -0.39 is 0 Å². The molecule has 2 saturated carbocycles. The van der Waals surface area contributed by atoms with Gasteiger partial charge in [0.05, 0.1) is 0 Å². The number of rotatable bonds is 0. The fourth-order valence-corrected chi connectivity index (χ4v) is 4.78. The average Bonchev–Trinajstić information content (AvgIpc) is 3.10. The van der Waals surface area contributed by atoms with Crippen molar-refractivity contribution in [1.29, 1.82) is 0 Å². The fourth-order valence-electron chi connectivity index (χ4n) is 4.78. The topological polar surface area (TPSA) is 0 Å². The van der Waals surface area contributed by atoms with Crippen LogP contribution in [0.5, 0.6) is 0 Å². The number of hydrogen-bond donors (Lipinski definition) is 0. The smallest absolute Gasteiger partial charge is 0.0159 e. The Kier molecular flexibility index (Phi) is 2.45. The molecule has 4 atom stereocenters. The standard InChI is InChI=1S/C17H24/c1-2-7-13-9-10-14-11-16(14)17(13)15-8-4-3-6-12(15)5-1/h4,8,12-14,16H,1-3,5-7,9-11H2/b17-15+. The molecule has 0 bridgehead atoms. The summed E-state index contributed by atoms with van der Waals surface area (Å²) in [6, 6.07) is 0. The SMILES string of the molecule is C1=C/C2=C3/C(CCCCC2CC1)CCC1CC31. The zero-order chi connectivity index (χ0) is 11.2. The summed E-state index contributed by atoms with van der Waals surface area (Å²) >= 11 is 0. The maximum absolute atomic E-state index is 2.53. The lowest BCUT2D eigenvalue weighted by Gasteiger charge is -2.34. The summed E-state index contributed by atoms with van der Waals surface area (Å²) in [6.07, 6.45) is 18.3. The van der Waals surface area contributed by atoms with Crippen LogP contribution in [0.15, 0.2) is 23.3 Å². The van der Waals surface area contributed by atoms with Crippen molar-refractivity contribution in [3.05, 3.63) is 23.3 Å². The molecule has 0 nitrogen and oxygen atoms in total. The molecular formula is C17H24. The minimum Gasteiger partial charge on any atom is -0.0842 e. The van der Waals surface area contributed by atoms with Crippen LogP contribution >= 0.6 is 0 Å². The van der Waals surface area contributed by atoms with Crippen molar-refractivity contribution < 1.29 is 0 Å². The summed E-state index contributed by atoms with van der Waals surface area (Å²) in [5, 5.41) is 0. The van der Waals surface area contributed by atoms with Crippen LogP contribution in [0.3, 0.4) is 0 Å². The van der Waals surface area contributed by atoms with Gasteiger partial charge in [0.1, 0.15) is 0 Å². The van der Waals surface area contributed by atoms with Gasteiger partial charge in [-0.1, -0.05) is 30.6 Å². The molecule has 0 amide bonds. The maximum atomic E-state index is 2.53. The number of fused-ring (bicyclic) bond motifs is 4. The van der Waals surface area contributed by atoms with Gasteiger partial charge in [-0.25, -0.2) is 0 Å². The fraction of sp³-hybridized carbons (Fsp3) is 0.765. The van der Waals surface area contributed by atoms with E-state index in [4.69, 9.17) is 0 Å². The lowest BCUT2D eigenvalue weighted by Crippen LogP contribution is -2.21. The van der Waals surface area contributed by atoms with Crippen LogP contribution in [0.2, 0.25) is 0 Å². The molecule has 4 aliphatic carbocycles. The second-order valence-corrected chi connectivity index (χ2v) is 6.75. The van der Waals surface area contributed by atoms with E-state index in [1.807, 2.05) is 11.1 Å². The van der Waals surface area contributed by atoms with Crippen LogP contribution in [0, 0.1) is 23.7 Å². The van der Waals surface area contributed by atoms with Gasteiger partial charge >= 0.3 is 0 Å². The van der Waals surface area contributed by atoms with E-state index in [1.54, 1.807) is 6.42 Å². The molecule has 2 fully saturated rings. The third kappa shape index (κ3) is 1.72. The molecule has 92 valence electrons. The van der Waals surface area contributed by atoms with E-state index in [-0.39, 0.29) is 0 Å². The second kappa shape index (κ2) is 4.00. The number of hydrogen-bond acceptors (Lipinski definition) is 0. The van der Waals surface area contributed by atoms with Crippen LogP contribution in [-0.2, 0) is 0 Å². The molecule has 4 rings (SSSR count). The molecule has 0 aliphatic heterocycles. The van der Waals surface area contributed by atoms with Crippen molar-refractivity contribution in [3.8, 4) is 0 Å². The zero-order valence-corrected chi connectivity index (χ0v) is 10.8. The van der Waals surface area contributed by atoms with Gasteiger partial charge in [-0.15, -0.1) is 0 Å². The Hall–Kier alpha value is -0.520. The quantitative estimate of drug-likeness (QED) is 0.555. The van der Waals surface area contributed by atoms with Crippen molar-refractivity contribution in [2.24, 2.45) is 23.7 Å². The van der Waals surface area contributed by atoms with Gasteiger partial charge in [0, 0.05) is 0 Å². The minimum atomic E-state index is 0.942. The van der Waals surface area contributed by atoms with Crippen LogP contribution in [0.4, 0.5) is 0 Å². The van der Waals surface area contributed by atoms with Gasteiger partial charge in [-0.2, -0.15) is 0 Å². The van der Waals surface area contributed by atoms with Crippen molar-refractivity contribution in [2.75, 3.05) is 0 Å². The minimum absolute atomic E-state index is 0.942. The Balaban J connectivity index is 1.78. The van der Waals surface area contributed by atoms with E-state index >= 15 is 0 Å². The lowest BCUT2D eigenvalue weighted by molar-refractivity contribution is 0.360. The predicted molar refractivity (Wildman–Crippen MR) is 71.7 cm³/mol. The van der Waals surface area contributed by atoms with E-state index in [0.29, 0.717) is 0 Å². The third-order valence-corrected chi connectivity index (χ3v) is 5.76. The maximum Gasteiger partial charge on any atom is -0.0159 e. The van der Waals surface area contributed by atoms with E-state index in [0.717, 1.165) is 23.7 Å². The summed E-state index contributed by atoms with van der Waals surface area (Å²) in [4.78, 5) is 0. The Morgan fingerprint density at radius 2 is 1.76 bits per heavy atom. The van der Waals surface area contributed by atoms with Crippen LogP contribution in [-0.4, -0.2) is 0 Å². The highest BCUT2D eigenvalue weighted by Crippen LogP contribution is 2.58. The monoisotopic (exact) mass is 228 g/mol. The summed E-state index contributed by atoms with van der Waals surface area (Å²) in [7, 11) is 0. The Morgan fingerprint density at radius 1 is 0.882 bits per heavy atom. The third-order valence-electron chi connectivity index (χ3n) is 5.76. The highest BCUT2D eigenvalue weighted by molar-refractivity contribution is 5.37. The first-order valence-corrected chi connectivity index (χ1v) is 7.84. The molecule has 4 aliphatic rings. The van der Waals surface area contributed by atoms with Gasteiger partial charge in [0.25, 0.3) is 0 Å². The van der Waals surface area contributed by atoms with Gasteiger partial charge in [0.2, 0.25) is 0 Å². The molecule has 0 heterocycles. The first-order chi connectivity index (χ1) is 8.43. The van der Waals surface area contributed by atoms with Crippen molar-refractivity contribution >= 4 is 0 Å². The normalized spacial score (nSPS) is 48.5. The molecule has 0 aromatic carbocycles. The van der Waals surface area contributed by atoms with Gasteiger partial charge in [-0.3, -0.25) is 0 Å². The Bertz CT molecular complexity index is 373. The van der Waals surface area contributed by atoms with Crippen LogP contribution in [0.25, 0.3) is 0 Å². The van der Waals surface area contributed by atoms with E-state index in [2.05, 4.69) is 12.2 Å². The van der Waals surface area contributed by atoms with Crippen LogP contribution < -0.4 is 0 Å². The Morgan fingerprint density at radius 3 is 2.71 bits per heavy atom. The molecule has 4 unspecified atom stereocenters. The summed E-state index contributed by atoms with van der Waals surface area (Å²) < 4.78 is 0. The summed E-state index contributed by atoms with van der Waals surface area (Å²) in [6.45, 7) is 0. The largest absolute Gasteiger partial charge is 0.0842 e. The van der Waals surface area contributed by atoms with Crippen molar-refractivity contribution in [2.45, 2.75) is 57.8 Å². The molecule has 0 saturated heterocycles. The first kappa shape index (κ1) is 10.4. The molecule has 0 aromatic heterocycles. The lowest BCUT2D eigenvalue weighted by atomic mass is 9.71. The van der Waals surface area contributed by atoms with Gasteiger partial charge in [0.15, 0.2) is 0 Å². The van der Waals surface area contributed by atoms with E-state index in [1.165, 1.54) is 51.4 Å². The molecular weight excluding hydrogens is 204 g/mol. The second-order valence-electron chi connectivity index (χ2n) is 6.75. The predicted octanol–water partition coefficient (Wildman–Crippen LogP) is 4.87. The van der Waals surface area contributed by atoms with Crippen molar-refractivity contribution in [1.82, 2.24) is 0 Å². The summed E-state index contributed by atoms with van der Waals surface area (Å²) in [5.41, 5.74) is 3.79.